The van der Waals surface area contributed by atoms with Gasteiger partial charge in [-0.2, -0.15) is 12.6 Å². The summed E-state index contributed by atoms with van der Waals surface area (Å²) >= 11 is 3.91. The van der Waals surface area contributed by atoms with Crippen molar-refractivity contribution in [3.63, 3.8) is 0 Å². The first-order valence-corrected chi connectivity index (χ1v) is 3.96. The number of amides is 1. The first-order chi connectivity index (χ1) is 5.07. The van der Waals surface area contributed by atoms with Crippen LogP contribution in [0.2, 0.25) is 0 Å². The number of carbonyl (C=O) groups is 1. The van der Waals surface area contributed by atoms with E-state index in [0.717, 1.165) is 0 Å². The van der Waals surface area contributed by atoms with Crippen molar-refractivity contribution in [2.75, 3.05) is 12.2 Å². The molecule has 3 N–H and O–H groups in total. The SMILES string of the molecule is C[C@H](CS)C(=O)NCB(O)O. The van der Waals surface area contributed by atoms with Crippen molar-refractivity contribution in [1.29, 1.82) is 0 Å². The lowest BCUT2D eigenvalue weighted by atomic mass is 9.92. The van der Waals surface area contributed by atoms with Crippen molar-refractivity contribution < 1.29 is 14.8 Å². The lowest BCUT2D eigenvalue weighted by Crippen LogP contribution is -2.38. The Balaban J connectivity index is 3.52. The molecule has 4 nitrogen and oxygen atoms in total. The van der Waals surface area contributed by atoms with Crippen LogP contribution in [0.15, 0.2) is 0 Å². The third-order valence-electron chi connectivity index (χ3n) is 1.18. The minimum atomic E-state index is -1.48. The van der Waals surface area contributed by atoms with E-state index in [1.54, 1.807) is 6.92 Å². The van der Waals surface area contributed by atoms with Gasteiger partial charge >= 0.3 is 7.12 Å². The standard InChI is InChI=1S/C5H12BNO3S/c1-4(2-11)5(8)7-3-6(9)10/h4,9-11H,2-3H2,1H3,(H,7,8)/t4-/m1/s1. The van der Waals surface area contributed by atoms with E-state index in [9.17, 15) is 4.79 Å². The maximum atomic E-state index is 10.9. The van der Waals surface area contributed by atoms with E-state index in [1.807, 2.05) is 0 Å². The molecule has 0 saturated heterocycles. The van der Waals surface area contributed by atoms with Crippen LogP contribution in [0.5, 0.6) is 0 Å². The Morgan fingerprint density at radius 1 is 1.73 bits per heavy atom. The summed E-state index contributed by atoms with van der Waals surface area (Å²) < 4.78 is 0. The summed E-state index contributed by atoms with van der Waals surface area (Å²) in [5.41, 5.74) is 0. The molecule has 6 heteroatoms. The van der Waals surface area contributed by atoms with E-state index in [1.165, 1.54) is 0 Å². The van der Waals surface area contributed by atoms with Gasteiger partial charge in [0.1, 0.15) is 0 Å². The number of hydrogen-bond acceptors (Lipinski definition) is 4. The van der Waals surface area contributed by atoms with E-state index in [0.29, 0.717) is 5.75 Å². The summed E-state index contributed by atoms with van der Waals surface area (Å²) in [6.07, 6.45) is -0.128. The Kier molecular flexibility index (Phi) is 5.36. The predicted molar refractivity (Wildman–Crippen MR) is 46.2 cm³/mol. The lowest BCUT2D eigenvalue weighted by molar-refractivity contribution is -0.123. The lowest BCUT2D eigenvalue weighted by Gasteiger charge is -2.08. The molecule has 11 heavy (non-hydrogen) atoms. The molecule has 0 aliphatic carbocycles. The van der Waals surface area contributed by atoms with Gasteiger partial charge in [0.05, 0.1) is 6.44 Å². The van der Waals surface area contributed by atoms with Crippen molar-refractivity contribution >= 4 is 25.7 Å². The maximum Gasteiger partial charge on any atom is 0.472 e. The highest BCUT2D eigenvalue weighted by Gasteiger charge is 2.13. The zero-order valence-corrected chi connectivity index (χ0v) is 7.21. The fraction of sp³-hybridized carbons (Fsp3) is 0.800. The molecule has 0 aromatic carbocycles. The molecule has 0 bridgehead atoms. The normalized spacial score (nSPS) is 12.4. The molecule has 0 aliphatic heterocycles. The average Bonchev–Trinajstić information content (AvgIpc) is 1.98. The highest BCUT2D eigenvalue weighted by Crippen LogP contribution is 1.95. The van der Waals surface area contributed by atoms with Gasteiger partial charge in [-0.15, -0.1) is 0 Å². The van der Waals surface area contributed by atoms with Crippen molar-refractivity contribution in [3.05, 3.63) is 0 Å². The van der Waals surface area contributed by atoms with Crippen LogP contribution in [0.4, 0.5) is 0 Å². The molecule has 0 saturated carbocycles. The molecule has 1 atom stereocenters. The van der Waals surface area contributed by atoms with Crippen molar-refractivity contribution in [1.82, 2.24) is 5.32 Å². The van der Waals surface area contributed by atoms with Gasteiger partial charge in [0.15, 0.2) is 0 Å². The second-order valence-electron chi connectivity index (χ2n) is 2.31. The molecule has 0 spiro atoms. The minimum absolute atomic E-state index is 0.128. The third-order valence-corrected chi connectivity index (χ3v) is 1.73. The fourth-order valence-electron chi connectivity index (χ4n) is 0.449. The van der Waals surface area contributed by atoms with Crippen LogP contribution in [0.25, 0.3) is 0 Å². The average molecular weight is 177 g/mol. The zero-order chi connectivity index (χ0) is 8.85. The van der Waals surface area contributed by atoms with Crippen LogP contribution in [0.3, 0.4) is 0 Å². The van der Waals surface area contributed by atoms with Crippen LogP contribution in [-0.4, -0.2) is 35.3 Å². The molecule has 0 rings (SSSR count). The highest BCUT2D eigenvalue weighted by molar-refractivity contribution is 7.80. The van der Waals surface area contributed by atoms with Gasteiger partial charge in [0.2, 0.25) is 5.91 Å². The number of rotatable bonds is 4. The molecule has 0 aliphatic rings. The first-order valence-electron chi connectivity index (χ1n) is 3.32. The highest BCUT2D eigenvalue weighted by atomic mass is 32.1. The number of thiol groups is 1. The van der Waals surface area contributed by atoms with Crippen molar-refractivity contribution in [2.45, 2.75) is 6.92 Å². The van der Waals surface area contributed by atoms with Crippen LogP contribution in [0.1, 0.15) is 6.92 Å². The van der Waals surface area contributed by atoms with Gasteiger partial charge in [-0.1, -0.05) is 6.92 Å². The molecule has 0 fully saturated rings. The Morgan fingerprint density at radius 2 is 2.27 bits per heavy atom. The monoisotopic (exact) mass is 177 g/mol. The summed E-state index contributed by atoms with van der Waals surface area (Å²) in [5, 5.41) is 19.1. The van der Waals surface area contributed by atoms with Crippen LogP contribution in [0, 0.1) is 5.92 Å². The summed E-state index contributed by atoms with van der Waals surface area (Å²) in [6, 6.07) is 0. The number of carbonyl (C=O) groups excluding carboxylic acids is 1. The summed E-state index contributed by atoms with van der Waals surface area (Å²) in [5.74, 6) is 0.0399. The van der Waals surface area contributed by atoms with Gasteiger partial charge in [-0.05, 0) is 0 Å². The number of nitrogens with one attached hydrogen (secondary N) is 1. The molecular formula is C5H12BNO3S. The third kappa shape index (κ3) is 5.12. The van der Waals surface area contributed by atoms with E-state index in [2.05, 4.69) is 17.9 Å². The molecule has 0 radical (unpaired) electrons. The second kappa shape index (κ2) is 5.45. The summed E-state index contributed by atoms with van der Waals surface area (Å²) in [6.45, 7) is 1.71. The van der Waals surface area contributed by atoms with Crippen molar-refractivity contribution in [2.24, 2.45) is 5.92 Å². The molecule has 1 amide bonds. The van der Waals surface area contributed by atoms with Gasteiger partial charge in [0, 0.05) is 11.7 Å². The van der Waals surface area contributed by atoms with E-state index in [4.69, 9.17) is 10.0 Å². The maximum absolute atomic E-state index is 10.9. The van der Waals surface area contributed by atoms with Gasteiger partial charge < -0.3 is 15.4 Å². The van der Waals surface area contributed by atoms with Gasteiger partial charge in [-0.3, -0.25) is 4.79 Å². The fourth-order valence-corrected chi connectivity index (χ4v) is 0.615. The van der Waals surface area contributed by atoms with Gasteiger partial charge in [-0.25, -0.2) is 0 Å². The van der Waals surface area contributed by atoms with Crippen LogP contribution in [-0.2, 0) is 4.79 Å². The van der Waals surface area contributed by atoms with Crippen LogP contribution < -0.4 is 5.32 Å². The van der Waals surface area contributed by atoms with E-state index < -0.39 is 7.12 Å². The van der Waals surface area contributed by atoms with E-state index >= 15 is 0 Å². The largest absolute Gasteiger partial charge is 0.472 e. The smallest absolute Gasteiger partial charge is 0.426 e. The van der Waals surface area contributed by atoms with E-state index in [-0.39, 0.29) is 18.3 Å². The Hall–Kier alpha value is -0.195. The molecule has 0 aromatic rings. The number of hydrogen-bond donors (Lipinski definition) is 4. The summed E-state index contributed by atoms with van der Waals surface area (Å²) in [7, 11) is -1.48. The van der Waals surface area contributed by atoms with Crippen molar-refractivity contribution in [3.8, 4) is 0 Å². The first kappa shape index (κ1) is 10.8. The second-order valence-corrected chi connectivity index (χ2v) is 2.67. The molecular weight excluding hydrogens is 165 g/mol. The Morgan fingerprint density at radius 3 is 2.64 bits per heavy atom. The van der Waals surface area contributed by atoms with Crippen LogP contribution >= 0.6 is 12.6 Å². The molecule has 0 heterocycles. The molecule has 0 aromatic heterocycles. The molecule has 64 valence electrons. The molecule has 0 unspecified atom stereocenters. The predicted octanol–water partition coefficient (Wildman–Crippen LogP) is -1.32. The Labute approximate surface area is 71.5 Å². The summed E-state index contributed by atoms with van der Waals surface area (Å²) in [4.78, 5) is 10.9. The topological polar surface area (TPSA) is 69.6 Å². The van der Waals surface area contributed by atoms with Gasteiger partial charge in [0.25, 0.3) is 0 Å². The zero-order valence-electron chi connectivity index (χ0n) is 6.32. The quantitative estimate of drug-likeness (QED) is 0.318. The Bertz CT molecular complexity index is 133. The minimum Gasteiger partial charge on any atom is -0.426 e.